The van der Waals surface area contributed by atoms with Gasteiger partial charge in [-0.1, -0.05) is 25.5 Å². The molecule has 0 aromatic heterocycles. The molecule has 0 bridgehead atoms. The van der Waals surface area contributed by atoms with E-state index in [1.165, 1.54) is 31.7 Å². The Morgan fingerprint density at radius 3 is 2.84 bits per heavy atom. The van der Waals surface area contributed by atoms with Crippen LogP contribution in [0.4, 0.5) is 0 Å². The van der Waals surface area contributed by atoms with Gasteiger partial charge in [0.2, 0.25) is 0 Å². The van der Waals surface area contributed by atoms with E-state index in [4.69, 9.17) is 4.74 Å². The third-order valence-electron chi connectivity index (χ3n) is 3.98. The molecule has 1 fully saturated rings. The van der Waals surface area contributed by atoms with Crippen molar-refractivity contribution in [2.24, 2.45) is 0 Å². The molecule has 0 unspecified atom stereocenters. The third-order valence-corrected chi connectivity index (χ3v) is 3.98. The molecule has 1 aliphatic rings. The lowest BCUT2D eigenvalue weighted by Gasteiger charge is -2.29. The SMILES string of the molecule is CCC[C@@]1(c2cccc(OC(C)=O)c2)CCN(C)C1. The minimum Gasteiger partial charge on any atom is -0.427 e. The molecule has 2 rings (SSSR count). The molecule has 104 valence electrons. The van der Waals surface area contributed by atoms with E-state index >= 15 is 0 Å². The van der Waals surface area contributed by atoms with Crippen molar-refractivity contribution in [3.63, 3.8) is 0 Å². The molecule has 1 atom stereocenters. The minimum atomic E-state index is -0.259. The van der Waals surface area contributed by atoms with E-state index in [9.17, 15) is 4.79 Å². The number of nitrogens with zero attached hydrogens (tertiary/aromatic N) is 1. The van der Waals surface area contributed by atoms with Gasteiger partial charge in [-0.15, -0.1) is 0 Å². The van der Waals surface area contributed by atoms with Gasteiger partial charge in [0.25, 0.3) is 0 Å². The van der Waals surface area contributed by atoms with Gasteiger partial charge in [0, 0.05) is 18.9 Å². The third kappa shape index (κ3) is 3.16. The highest BCUT2D eigenvalue weighted by Crippen LogP contribution is 2.39. The fourth-order valence-corrected chi connectivity index (χ4v) is 3.20. The highest BCUT2D eigenvalue weighted by atomic mass is 16.5. The zero-order valence-electron chi connectivity index (χ0n) is 12.1. The van der Waals surface area contributed by atoms with Crippen LogP contribution in [0.1, 0.15) is 38.7 Å². The minimum absolute atomic E-state index is 0.222. The average molecular weight is 261 g/mol. The number of likely N-dealkylation sites (N-methyl/N-ethyl adjacent to an activating group) is 1. The summed E-state index contributed by atoms with van der Waals surface area (Å²) in [5.41, 5.74) is 1.53. The summed E-state index contributed by atoms with van der Waals surface area (Å²) in [6.07, 6.45) is 3.54. The molecule has 0 saturated carbocycles. The Hall–Kier alpha value is -1.35. The van der Waals surface area contributed by atoms with Crippen LogP contribution in [0.15, 0.2) is 24.3 Å². The van der Waals surface area contributed by atoms with Crippen LogP contribution >= 0.6 is 0 Å². The molecule has 1 saturated heterocycles. The molecular formula is C16H23NO2. The number of likely N-dealkylation sites (tertiary alicyclic amines) is 1. The second-order valence-electron chi connectivity index (χ2n) is 5.64. The molecule has 1 aliphatic heterocycles. The van der Waals surface area contributed by atoms with Crippen LogP contribution in [0.25, 0.3) is 0 Å². The molecule has 1 aromatic carbocycles. The molecule has 0 radical (unpaired) electrons. The van der Waals surface area contributed by atoms with Gasteiger partial charge >= 0.3 is 5.97 Å². The Balaban J connectivity index is 2.29. The van der Waals surface area contributed by atoms with Gasteiger partial charge in [0.05, 0.1) is 0 Å². The quantitative estimate of drug-likeness (QED) is 0.616. The fourth-order valence-electron chi connectivity index (χ4n) is 3.20. The van der Waals surface area contributed by atoms with Crippen LogP contribution in [-0.2, 0) is 10.2 Å². The Kier molecular flexibility index (Phi) is 4.25. The summed E-state index contributed by atoms with van der Waals surface area (Å²) < 4.78 is 5.21. The number of esters is 1. The van der Waals surface area contributed by atoms with Crippen LogP contribution in [-0.4, -0.2) is 31.0 Å². The summed E-state index contributed by atoms with van der Waals surface area (Å²) in [7, 11) is 2.17. The maximum absolute atomic E-state index is 11.1. The lowest BCUT2D eigenvalue weighted by Crippen LogP contribution is -2.29. The molecule has 1 aromatic rings. The van der Waals surface area contributed by atoms with Gasteiger partial charge in [-0.25, -0.2) is 0 Å². The van der Waals surface area contributed by atoms with Crippen LogP contribution in [0.5, 0.6) is 5.75 Å². The van der Waals surface area contributed by atoms with Gasteiger partial charge in [-0.3, -0.25) is 4.79 Å². The first kappa shape index (κ1) is 14.1. The van der Waals surface area contributed by atoms with E-state index in [1.54, 1.807) is 0 Å². The van der Waals surface area contributed by atoms with Crippen molar-refractivity contribution in [3.05, 3.63) is 29.8 Å². The molecule has 3 heteroatoms. The van der Waals surface area contributed by atoms with E-state index in [2.05, 4.69) is 24.9 Å². The maximum atomic E-state index is 11.1. The topological polar surface area (TPSA) is 29.5 Å². The number of ether oxygens (including phenoxy) is 1. The van der Waals surface area contributed by atoms with Gasteiger partial charge in [-0.2, -0.15) is 0 Å². The zero-order chi connectivity index (χ0) is 13.9. The summed E-state index contributed by atoms with van der Waals surface area (Å²) in [6.45, 7) is 5.90. The van der Waals surface area contributed by atoms with Crippen molar-refractivity contribution in [3.8, 4) is 5.75 Å². The van der Waals surface area contributed by atoms with Crippen LogP contribution in [0.2, 0.25) is 0 Å². The molecule has 0 spiro atoms. The lowest BCUT2D eigenvalue weighted by atomic mass is 9.76. The van der Waals surface area contributed by atoms with Crippen molar-refractivity contribution >= 4 is 5.97 Å². The Morgan fingerprint density at radius 2 is 2.26 bits per heavy atom. The van der Waals surface area contributed by atoms with E-state index in [0.717, 1.165) is 13.1 Å². The van der Waals surface area contributed by atoms with Crippen molar-refractivity contribution in [2.75, 3.05) is 20.1 Å². The Bertz CT molecular complexity index is 454. The molecule has 3 nitrogen and oxygen atoms in total. The van der Waals surface area contributed by atoms with E-state index in [0.29, 0.717) is 5.75 Å². The van der Waals surface area contributed by atoms with Crippen LogP contribution < -0.4 is 4.74 Å². The smallest absolute Gasteiger partial charge is 0.308 e. The van der Waals surface area contributed by atoms with Crippen molar-refractivity contribution in [1.82, 2.24) is 4.90 Å². The summed E-state index contributed by atoms with van der Waals surface area (Å²) in [5, 5.41) is 0. The summed E-state index contributed by atoms with van der Waals surface area (Å²) in [4.78, 5) is 13.5. The monoisotopic (exact) mass is 261 g/mol. The number of carbonyl (C=O) groups excluding carboxylic acids is 1. The second kappa shape index (κ2) is 5.74. The standard InChI is InChI=1S/C16H23NO2/c1-4-8-16(9-10-17(3)12-16)14-6-5-7-15(11-14)19-13(2)18/h5-7,11H,4,8-10,12H2,1-3H3/t16-/m1/s1. The largest absolute Gasteiger partial charge is 0.427 e. The molecule has 19 heavy (non-hydrogen) atoms. The van der Waals surface area contributed by atoms with Crippen molar-refractivity contribution in [1.29, 1.82) is 0 Å². The van der Waals surface area contributed by atoms with E-state index in [-0.39, 0.29) is 11.4 Å². The highest BCUT2D eigenvalue weighted by Gasteiger charge is 2.37. The first-order valence-electron chi connectivity index (χ1n) is 7.03. The van der Waals surface area contributed by atoms with Crippen molar-refractivity contribution < 1.29 is 9.53 Å². The second-order valence-corrected chi connectivity index (χ2v) is 5.64. The predicted molar refractivity (Wildman–Crippen MR) is 76.5 cm³/mol. The van der Waals surface area contributed by atoms with Crippen LogP contribution in [0.3, 0.4) is 0 Å². The number of carbonyl (C=O) groups is 1. The van der Waals surface area contributed by atoms with E-state index < -0.39 is 0 Å². The molecular weight excluding hydrogens is 238 g/mol. The molecule has 0 amide bonds. The number of hydrogen-bond acceptors (Lipinski definition) is 3. The fraction of sp³-hybridized carbons (Fsp3) is 0.562. The molecule has 1 heterocycles. The molecule has 0 aliphatic carbocycles. The first-order chi connectivity index (χ1) is 9.05. The Morgan fingerprint density at radius 1 is 1.47 bits per heavy atom. The number of hydrogen-bond donors (Lipinski definition) is 0. The van der Waals surface area contributed by atoms with Gasteiger partial charge in [0.1, 0.15) is 5.75 Å². The number of benzene rings is 1. The Labute approximate surface area is 115 Å². The lowest BCUT2D eigenvalue weighted by molar-refractivity contribution is -0.131. The first-order valence-corrected chi connectivity index (χ1v) is 7.03. The number of rotatable bonds is 4. The average Bonchev–Trinajstić information content (AvgIpc) is 2.72. The van der Waals surface area contributed by atoms with Gasteiger partial charge < -0.3 is 9.64 Å². The maximum Gasteiger partial charge on any atom is 0.308 e. The van der Waals surface area contributed by atoms with Crippen LogP contribution in [0, 0.1) is 0 Å². The predicted octanol–water partition coefficient (Wildman–Crippen LogP) is 2.99. The van der Waals surface area contributed by atoms with E-state index in [1.807, 2.05) is 18.2 Å². The molecule has 0 N–H and O–H groups in total. The van der Waals surface area contributed by atoms with Gasteiger partial charge in [0.15, 0.2) is 0 Å². The summed E-state index contributed by atoms with van der Waals surface area (Å²) >= 11 is 0. The van der Waals surface area contributed by atoms with Crippen molar-refractivity contribution in [2.45, 2.75) is 38.5 Å². The normalized spacial score (nSPS) is 23.5. The highest BCUT2D eigenvalue weighted by molar-refractivity contribution is 5.69. The summed E-state index contributed by atoms with van der Waals surface area (Å²) in [5.74, 6) is 0.403. The summed E-state index contributed by atoms with van der Waals surface area (Å²) in [6, 6.07) is 8.05. The van der Waals surface area contributed by atoms with Gasteiger partial charge in [-0.05, 0) is 44.1 Å². The zero-order valence-corrected chi connectivity index (χ0v) is 12.1.